The SMILES string of the molecule is O=C(NCCNC(=O)c1cccnc1N1CCCCC1)c1ccco1. The molecular weight excluding hydrogens is 320 g/mol. The third-order valence-corrected chi connectivity index (χ3v) is 4.13. The summed E-state index contributed by atoms with van der Waals surface area (Å²) in [5.41, 5.74) is 0.571. The van der Waals surface area contributed by atoms with E-state index in [1.165, 1.54) is 12.7 Å². The van der Waals surface area contributed by atoms with Gasteiger partial charge in [-0.2, -0.15) is 0 Å². The predicted octanol–water partition coefficient (Wildman–Crippen LogP) is 1.82. The molecule has 7 nitrogen and oxygen atoms in total. The molecule has 0 bridgehead atoms. The van der Waals surface area contributed by atoms with Crippen LogP contribution in [0.1, 0.15) is 40.2 Å². The lowest BCUT2D eigenvalue weighted by atomic mass is 10.1. The Morgan fingerprint density at radius 1 is 1.04 bits per heavy atom. The van der Waals surface area contributed by atoms with Crippen LogP contribution in [0.25, 0.3) is 0 Å². The Labute approximate surface area is 146 Å². The van der Waals surface area contributed by atoms with Gasteiger partial charge in [-0.15, -0.1) is 0 Å². The molecule has 2 aromatic rings. The summed E-state index contributed by atoms with van der Waals surface area (Å²) in [5.74, 6) is 0.515. The monoisotopic (exact) mass is 342 g/mol. The number of pyridine rings is 1. The molecule has 3 heterocycles. The number of aromatic nitrogens is 1. The standard InChI is InChI=1S/C18H22N4O3/c23-17(20-9-10-21-18(24)15-7-5-13-25-15)14-6-4-8-19-16(14)22-11-2-1-3-12-22/h4-8,13H,1-3,9-12H2,(H,20,23)(H,21,24). The van der Waals surface area contributed by atoms with Gasteiger partial charge in [-0.1, -0.05) is 0 Å². The number of hydrogen-bond donors (Lipinski definition) is 2. The van der Waals surface area contributed by atoms with E-state index in [0.717, 1.165) is 31.7 Å². The van der Waals surface area contributed by atoms with Gasteiger partial charge in [-0.25, -0.2) is 4.98 Å². The third kappa shape index (κ3) is 4.37. The average molecular weight is 342 g/mol. The number of piperidine rings is 1. The molecule has 2 N–H and O–H groups in total. The molecule has 0 aliphatic carbocycles. The highest BCUT2D eigenvalue weighted by Gasteiger charge is 2.19. The second kappa shape index (κ2) is 8.32. The first-order valence-electron chi connectivity index (χ1n) is 8.55. The molecule has 0 radical (unpaired) electrons. The van der Waals surface area contributed by atoms with Gasteiger partial charge in [0.15, 0.2) is 5.76 Å². The molecule has 1 aliphatic rings. The fourth-order valence-corrected chi connectivity index (χ4v) is 2.87. The van der Waals surface area contributed by atoms with Gasteiger partial charge in [0.05, 0.1) is 11.8 Å². The Morgan fingerprint density at radius 3 is 2.52 bits per heavy atom. The summed E-state index contributed by atoms with van der Waals surface area (Å²) in [4.78, 5) is 30.8. The van der Waals surface area contributed by atoms with Crippen LogP contribution in [0.15, 0.2) is 41.1 Å². The lowest BCUT2D eigenvalue weighted by Crippen LogP contribution is -2.36. The number of rotatable bonds is 6. The lowest BCUT2D eigenvalue weighted by Gasteiger charge is -2.29. The van der Waals surface area contributed by atoms with Crippen LogP contribution in [0.2, 0.25) is 0 Å². The van der Waals surface area contributed by atoms with Crippen LogP contribution in [0.3, 0.4) is 0 Å². The first-order chi connectivity index (χ1) is 12.3. The van der Waals surface area contributed by atoms with Crippen LogP contribution in [-0.2, 0) is 0 Å². The van der Waals surface area contributed by atoms with Crippen LogP contribution in [-0.4, -0.2) is 43.0 Å². The molecule has 3 rings (SSSR count). The fourth-order valence-electron chi connectivity index (χ4n) is 2.87. The lowest BCUT2D eigenvalue weighted by molar-refractivity contribution is 0.0910. The van der Waals surface area contributed by atoms with Crippen LogP contribution in [0, 0.1) is 0 Å². The highest BCUT2D eigenvalue weighted by atomic mass is 16.3. The average Bonchev–Trinajstić information content (AvgIpc) is 3.20. The van der Waals surface area contributed by atoms with E-state index >= 15 is 0 Å². The minimum Gasteiger partial charge on any atom is -0.459 e. The third-order valence-electron chi connectivity index (χ3n) is 4.13. The molecule has 7 heteroatoms. The Kier molecular flexibility index (Phi) is 5.66. The predicted molar refractivity (Wildman–Crippen MR) is 93.7 cm³/mol. The second-order valence-electron chi connectivity index (χ2n) is 5.91. The normalized spacial score (nSPS) is 14.2. The zero-order chi connectivity index (χ0) is 17.5. The molecule has 0 atom stereocenters. The van der Waals surface area contributed by atoms with Gasteiger partial charge in [0.2, 0.25) is 0 Å². The Bertz CT molecular complexity index is 709. The largest absolute Gasteiger partial charge is 0.459 e. The van der Waals surface area contributed by atoms with Crippen molar-refractivity contribution < 1.29 is 14.0 Å². The summed E-state index contributed by atoms with van der Waals surface area (Å²) in [6.45, 7) is 2.51. The van der Waals surface area contributed by atoms with E-state index in [-0.39, 0.29) is 17.6 Å². The minimum atomic E-state index is -0.297. The number of nitrogens with zero attached hydrogens (tertiary/aromatic N) is 2. The quantitative estimate of drug-likeness (QED) is 0.782. The Balaban J connectivity index is 1.52. The second-order valence-corrected chi connectivity index (χ2v) is 5.91. The maximum atomic E-state index is 12.5. The van der Waals surface area contributed by atoms with Gasteiger partial charge < -0.3 is 20.0 Å². The van der Waals surface area contributed by atoms with Crippen molar-refractivity contribution in [3.63, 3.8) is 0 Å². The number of hydrogen-bond acceptors (Lipinski definition) is 5. The number of amides is 2. The number of carbonyl (C=O) groups excluding carboxylic acids is 2. The Morgan fingerprint density at radius 2 is 1.80 bits per heavy atom. The van der Waals surface area contributed by atoms with Crippen LogP contribution in [0.5, 0.6) is 0 Å². The van der Waals surface area contributed by atoms with Crippen LogP contribution >= 0.6 is 0 Å². The molecule has 1 saturated heterocycles. The molecule has 0 aromatic carbocycles. The van der Waals surface area contributed by atoms with Gasteiger partial charge in [0.25, 0.3) is 11.8 Å². The Hall–Kier alpha value is -2.83. The van der Waals surface area contributed by atoms with E-state index in [1.807, 2.05) is 0 Å². The van der Waals surface area contributed by atoms with Crippen molar-refractivity contribution in [1.29, 1.82) is 0 Å². The van der Waals surface area contributed by atoms with Gasteiger partial charge in [0, 0.05) is 32.4 Å². The first kappa shape index (κ1) is 17.0. The summed E-state index contributed by atoms with van der Waals surface area (Å²) < 4.78 is 5.01. The van der Waals surface area contributed by atoms with Crippen molar-refractivity contribution in [3.05, 3.63) is 48.0 Å². The van der Waals surface area contributed by atoms with Crippen molar-refractivity contribution in [2.45, 2.75) is 19.3 Å². The van der Waals surface area contributed by atoms with Gasteiger partial charge in [-0.3, -0.25) is 9.59 Å². The van der Waals surface area contributed by atoms with Crippen molar-refractivity contribution >= 4 is 17.6 Å². The fraction of sp³-hybridized carbons (Fsp3) is 0.389. The van der Waals surface area contributed by atoms with Crippen molar-refractivity contribution in [1.82, 2.24) is 15.6 Å². The van der Waals surface area contributed by atoms with E-state index < -0.39 is 0 Å². The number of carbonyl (C=O) groups is 2. The molecule has 0 spiro atoms. The topological polar surface area (TPSA) is 87.5 Å². The molecule has 1 fully saturated rings. The minimum absolute atomic E-state index is 0.180. The van der Waals surface area contributed by atoms with E-state index in [9.17, 15) is 9.59 Å². The van der Waals surface area contributed by atoms with E-state index in [4.69, 9.17) is 4.42 Å². The van der Waals surface area contributed by atoms with Gasteiger partial charge in [-0.05, 0) is 43.5 Å². The summed E-state index contributed by atoms with van der Waals surface area (Å²) in [6, 6.07) is 6.80. The van der Waals surface area contributed by atoms with E-state index in [0.29, 0.717) is 18.7 Å². The molecule has 2 aromatic heterocycles. The van der Waals surface area contributed by atoms with Crippen molar-refractivity contribution in [3.8, 4) is 0 Å². The molecule has 1 aliphatic heterocycles. The highest BCUT2D eigenvalue weighted by Crippen LogP contribution is 2.21. The zero-order valence-corrected chi connectivity index (χ0v) is 14.0. The maximum absolute atomic E-state index is 12.5. The maximum Gasteiger partial charge on any atom is 0.287 e. The number of furan rings is 1. The number of nitrogens with one attached hydrogen (secondary N) is 2. The number of anilines is 1. The van der Waals surface area contributed by atoms with Crippen molar-refractivity contribution in [2.24, 2.45) is 0 Å². The van der Waals surface area contributed by atoms with Crippen LogP contribution < -0.4 is 15.5 Å². The molecular formula is C18H22N4O3. The smallest absolute Gasteiger partial charge is 0.287 e. The summed E-state index contributed by atoms with van der Waals surface area (Å²) in [7, 11) is 0. The zero-order valence-electron chi connectivity index (χ0n) is 14.0. The molecule has 2 amide bonds. The van der Waals surface area contributed by atoms with Crippen LogP contribution in [0.4, 0.5) is 5.82 Å². The summed E-state index contributed by atoms with van der Waals surface area (Å²) in [5, 5.41) is 5.52. The summed E-state index contributed by atoms with van der Waals surface area (Å²) in [6.07, 6.45) is 6.62. The van der Waals surface area contributed by atoms with Gasteiger partial charge in [0.1, 0.15) is 5.82 Å². The molecule has 132 valence electrons. The van der Waals surface area contributed by atoms with Crippen molar-refractivity contribution in [2.75, 3.05) is 31.1 Å². The molecule has 0 saturated carbocycles. The molecule has 0 unspecified atom stereocenters. The highest BCUT2D eigenvalue weighted by molar-refractivity contribution is 5.99. The van der Waals surface area contributed by atoms with E-state index in [1.54, 1.807) is 30.5 Å². The van der Waals surface area contributed by atoms with E-state index in [2.05, 4.69) is 20.5 Å². The summed E-state index contributed by atoms with van der Waals surface area (Å²) >= 11 is 0. The molecule has 25 heavy (non-hydrogen) atoms. The van der Waals surface area contributed by atoms with Gasteiger partial charge >= 0.3 is 0 Å². The first-order valence-corrected chi connectivity index (χ1v) is 8.55.